The van der Waals surface area contributed by atoms with Crippen molar-refractivity contribution in [2.24, 2.45) is 11.5 Å². The number of benzene rings is 3. The number of carbonyl (C=O) groups excluding carboxylic acids is 3. The number of ether oxygens (including phenoxy) is 3. The molecule has 1 fully saturated rings. The third-order valence-electron chi connectivity index (χ3n) is 7.35. The molecule has 12 nitrogen and oxygen atoms in total. The molecule has 2 aliphatic rings. The highest BCUT2D eigenvalue weighted by Crippen LogP contribution is 2.42. The van der Waals surface area contributed by atoms with Gasteiger partial charge >= 0.3 is 5.97 Å². The number of esters is 1. The summed E-state index contributed by atoms with van der Waals surface area (Å²) in [6, 6.07) is 12.1. The maximum absolute atomic E-state index is 13.6. The first kappa shape index (κ1) is 29.3. The van der Waals surface area contributed by atoms with Crippen LogP contribution in [0, 0.1) is 0 Å². The largest absolute Gasteiger partial charge is 0.507 e. The minimum absolute atomic E-state index is 0.00592. The lowest BCUT2D eigenvalue weighted by Crippen LogP contribution is -2.58. The van der Waals surface area contributed by atoms with Crippen molar-refractivity contribution in [1.82, 2.24) is 0 Å². The number of hydrogen-bond donors (Lipinski definition) is 6. The van der Waals surface area contributed by atoms with Crippen molar-refractivity contribution < 1.29 is 49.0 Å². The standard InChI is InChI=1S/C30H30N2O10/c1-12-23(34)27(38)28(39)30(40-12)42-21-11-20-22(26(37)19(21)9-14-4-3-5-15(8-14)29(31)32)25(36)17-7-6-16(41-13(2)33)10-18(17)24(20)35/h3-8,10-12,23,27-30,34,37-39H,9,31-32H2,1-2H3. The summed E-state index contributed by atoms with van der Waals surface area (Å²) in [5, 5.41) is 42.5. The van der Waals surface area contributed by atoms with Gasteiger partial charge in [0, 0.05) is 35.6 Å². The number of ketones is 2. The summed E-state index contributed by atoms with van der Waals surface area (Å²) in [5.41, 5.74) is 12.5. The summed E-state index contributed by atoms with van der Waals surface area (Å²) >= 11 is 0. The zero-order chi connectivity index (χ0) is 30.5. The maximum Gasteiger partial charge on any atom is 0.308 e. The molecule has 0 aromatic heterocycles. The van der Waals surface area contributed by atoms with Crippen LogP contribution in [0.25, 0.3) is 0 Å². The molecule has 0 bridgehead atoms. The van der Waals surface area contributed by atoms with Crippen LogP contribution in [0.2, 0.25) is 0 Å². The monoisotopic (exact) mass is 578 g/mol. The molecule has 42 heavy (non-hydrogen) atoms. The molecule has 0 saturated carbocycles. The van der Waals surface area contributed by atoms with Crippen LogP contribution >= 0.6 is 0 Å². The van der Waals surface area contributed by atoms with Gasteiger partial charge in [-0.3, -0.25) is 14.4 Å². The molecular weight excluding hydrogens is 548 g/mol. The number of aromatic hydroxyl groups is 1. The van der Waals surface area contributed by atoms with Crippen LogP contribution in [0.15, 0.2) is 48.5 Å². The molecule has 3 aromatic carbocycles. The maximum atomic E-state index is 13.6. The molecule has 5 rings (SSSR count). The summed E-state index contributed by atoms with van der Waals surface area (Å²) in [6.07, 6.45) is -7.91. The molecule has 0 spiro atoms. The van der Waals surface area contributed by atoms with Gasteiger partial charge < -0.3 is 46.1 Å². The first-order chi connectivity index (χ1) is 19.9. The van der Waals surface area contributed by atoms with Crippen LogP contribution in [0.5, 0.6) is 17.2 Å². The van der Waals surface area contributed by atoms with Crippen molar-refractivity contribution in [2.45, 2.75) is 57.1 Å². The molecule has 1 aliphatic carbocycles. The van der Waals surface area contributed by atoms with Gasteiger partial charge in [-0.1, -0.05) is 24.3 Å². The van der Waals surface area contributed by atoms with Crippen LogP contribution in [-0.4, -0.2) is 68.7 Å². The van der Waals surface area contributed by atoms with Crippen molar-refractivity contribution in [3.05, 3.63) is 87.5 Å². The Morgan fingerprint density at radius 3 is 2.38 bits per heavy atom. The number of phenolic OH excluding ortho intramolecular Hbond substituents is 1. The molecule has 0 amide bonds. The molecular formula is C30H30N2O10. The summed E-state index contributed by atoms with van der Waals surface area (Å²) in [4.78, 5) is 38.7. The molecule has 5 unspecified atom stereocenters. The van der Waals surface area contributed by atoms with E-state index in [1.165, 1.54) is 38.1 Å². The van der Waals surface area contributed by atoms with E-state index in [9.17, 15) is 34.8 Å². The molecule has 0 radical (unpaired) electrons. The Morgan fingerprint density at radius 1 is 0.952 bits per heavy atom. The van der Waals surface area contributed by atoms with E-state index in [4.69, 9.17) is 25.7 Å². The highest BCUT2D eigenvalue weighted by Gasteiger charge is 2.44. The van der Waals surface area contributed by atoms with E-state index >= 15 is 0 Å². The third kappa shape index (κ3) is 5.27. The van der Waals surface area contributed by atoms with Crippen molar-refractivity contribution in [2.75, 3.05) is 0 Å². The summed E-state index contributed by atoms with van der Waals surface area (Å²) in [6.45, 7) is 2.67. The second-order valence-corrected chi connectivity index (χ2v) is 10.3. The predicted molar refractivity (Wildman–Crippen MR) is 146 cm³/mol. The number of rotatable bonds is 6. The van der Waals surface area contributed by atoms with Gasteiger partial charge in [0.2, 0.25) is 6.29 Å². The van der Waals surface area contributed by atoms with Crippen LogP contribution in [0.1, 0.15) is 68.5 Å². The Labute approximate surface area is 240 Å². The van der Waals surface area contributed by atoms with Gasteiger partial charge in [-0.2, -0.15) is 0 Å². The fraction of sp³-hybridized carbons (Fsp3) is 0.300. The minimum Gasteiger partial charge on any atom is -0.507 e. The molecule has 5 atom stereocenters. The number of aliphatic hydroxyl groups excluding tert-OH is 3. The molecule has 1 heterocycles. The Hall–Kier alpha value is -4.17. The smallest absolute Gasteiger partial charge is 0.308 e. The number of phenols is 1. The van der Waals surface area contributed by atoms with E-state index in [0.29, 0.717) is 11.1 Å². The van der Waals surface area contributed by atoms with Gasteiger partial charge in [0.15, 0.2) is 11.6 Å². The topological polar surface area (TPSA) is 212 Å². The second kappa shape index (κ2) is 11.2. The lowest BCUT2D eigenvalue weighted by molar-refractivity contribution is -0.268. The fourth-order valence-electron chi connectivity index (χ4n) is 5.14. The van der Waals surface area contributed by atoms with Crippen molar-refractivity contribution in [1.29, 1.82) is 0 Å². The average molecular weight is 579 g/mol. The molecule has 12 heteroatoms. The van der Waals surface area contributed by atoms with Crippen LogP contribution < -0.4 is 20.9 Å². The zero-order valence-electron chi connectivity index (χ0n) is 22.7. The number of hydrogen-bond acceptors (Lipinski definition) is 12. The van der Waals surface area contributed by atoms with Crippen LogP contribution in [-0.2, 0) is 16.0 Å². The summed E-state index contributed by atoms with van der Waals surface area (Å²) in [7, 11) is 0. The Kier molecular flexibility index (Phi) is 7.86. The Balaban J connectivity index is 1.64. The van der Waals surface area contributed by atoms with Gasteiger partial charge in [-0.05, 0) is 42.3 Å². The SMILES string of the molecule is CC(=O)Oc1ccc2c(c1)C(=O)c1cc(OC3OC(C)C(O)C(O)C3O)c(Cc3cccc(C(N)N)c3)c(O)c1C2=O. The van der Waals surface area contributed by atoms with E-state index in [2.05, 4.69) is 0 Å². The highest BCUT2D eigenvalue weighted by atomic mass is 16.7. The van der Waals surface area contributed by atoms with Gasteiger partial charge in [0.1, 0.15) is 35.6 Å². The lowest BCUT2D eigenvalue weighted by Gasteiger charge is -2.39. The second-order valence-electron chi connectivity index (χ2n) is 10.3. The number of nitrogens with two attached hydrogens (primary N) is 2. The van der Waals surface area contributed by atoms with Crippen LogP contribution in [0.3, 0.4) is 0 Å². The quantitative estimate of drug-likeness (QED) is 0.107. The van der Waals surface area contributed by atoms with E-state index in [-0.39, 0.29) is 45.7 Å². The van der Waals surface area contributed by atoms with Crippen molar-refractivity contribution in [3.8, 4) is 17.2 Å². The van der Waals surface area contributed by atoms with Gasteiger partial charge in [-0.25, -0.2) is 0 Å². The summed E-state index contributed by atoms with van der Waals surface area (Å²) in [5.74, 6) is -2.49. The van der Waals surface area contributed by atoms with E-state index in [0.717, 1.165) is 0 Å². The fourth-order valence-corrected chi connectivity index (χ4v) is 5.14. The molecule has 1 saturated heterocycles. The Morgan fingerprint density at radius 2 is 1.69 bits per heavy atom. The first-order valence-electron chi connectivity index (χ1n) is 13.1. The lowest BCUT2D eigenvalue weighted by atomic mass is 9.81. The normalized spacial score (nSPS) is 23.4. The highest BCUT2D eigenvalue weighted by molar-refractivity contribution is 6.29. The third-order valence-corrected chi connectivity index (χ3v) is 7.35. The average Bonchev–Trinajstić information content (AvgIpc) is 2.94. The number of aliphatic hydroxyl groups is 3. The van der Waals surface area contributed by atoms with Crippen molar-refractivity contribution in [3.63, 3.8) is 0 Å². The minimum atomic E-state index is -1.69. The predicted octanol–water partition coefficient (Wildman–Crippen LogP) is 0.806. The zero-order valence-corrected chi connectivity index (χ0v) is 22.7. The van der Waals surface area contributed by atoms with Gasteiger partial charge in [0.25, 0.3) is 0 Å². The summed E-state index contributed by atoms with van der Waals surface area (Å²) < 4.78 is 16.6. The van der Waals surface area contributed by atoms with E-state index in [1.54, 1.807) is 24.3 Å². The van der Waals surface area contributed by atoms with E-state index in [1.807, 2.05) is 0 Å². The first-order valence-corrected chi connectivity index (χ1v) is 13.1. The number of carbonyl (C=O) groups is 3. The molecule has 8 N–H and O–H groups in total. The van der Waals surface area contributed by atoms with Gasteiger partial charge in [-0.15, -0.1) is 0 Å². The number of fused-ring (bicyclic) bond motifs is 2. The Bertz CT molecular complexity index is 1590. The molecule has 220 valence electrons. The van der Waals surface area contributed by atoms with Crippen LogP contribution in [0.4, 0.5) is 0 Å². The van der Waals surface area contributed by atoms with Crippen molar-refractivity contribution >= 4 is 17.5 Å². The van der Waals surface area contributed by atoms with Gasteiger partial charge in [0.05, 0.1) is 17.8 Å². The van der Waals surface area contributed by atoms with E-state index < -0.39 is 60.2 Å². The molecule has 3 aromatic rings. The molecule has 1 aliphatic heterocycles.